The molecular formula is C23H29F3N2O5. The Kier molecular flexibility index (Phi) is 8.34. The second-order valence-corrected chi connectivity index (χ2v) is 8.49. The number of hydrogen-bond donors (Lipinski definition) is 1. The van der Waals surface area contributed by atoms with Crippen molar-refractivity contribution in [1.29, 1.82) is 0 Å². The summed E-state index contributed by atoms with van der Waals surface area (Å²) in [6.45, 7) is 3.18. The molecule has 1 aromatic rings. The van der Waals surface area contributed by atoms with E-state index in [0.29, 0.717) is 18.4 Å². The molecule has 1 N–H and O–H groups in total. The quantitative estimate of drug-likeness (QED) is 0.658. The molecule has 0 bridgehead atoms. The van der Waals surface area contributed by atoms with Gasteiger partial charge in [0.1, 0.15) is 5.75 Å². The van der Waals surface area contributed by atoms with Gasteiger partial charge in [0.2, 0.25) is 5.91 Å². The number of likely N-dealkylation sites (tertiary alicyclic amines) is 1. The van der Waals surface area contributed by atoms with E-state index in [1.165, 1.54) is 0 Å². The van der Waals surface area contributed by atoms with Gasteiger partial charge < -0.3 is 19.5 Å². The van der Waals surface area contributed by atoms with Crippen LogP contribution in [-0.2, 0) is 14.3 Å². The lowest BCUT2D eigenvalue weighted by molar-refractivity contribution is -0.192. The molecule has 1 aromatic heterocycles. The molecule has 3 aliphatic rings. The number of carboxylic acids is 1. The van der Waals surface area contributed by atoms with Crippen LogP contribution in [0, 0.1) is 11.8 Å². The highest BCUT2D eigenvalue weighted by Crippen LogP contribution is 2.42. The van der Waals surface area contributed by atoms with Gasteiger partial charge >= 0.3 is 12.1 Å². The standard InChI is InChI=1S/C21H28N2O3.C2HF3O2/c24-20(17-4-1-2-5-17)23-12-9-21(10-13-23)18(8-15-26-21)7-14-25-19-6-3-11-22-16-19;3-2(4,5)1(6)7/h1-3,6,11,16-18H,4-5,7-10,12-15H2;(H,6,7). The summed E-state index contributed by atoms with van der Waals surface area (Å²) in [5.74, 6) is -0.903. The minimum atomic E-state index is -5.08. The van der Waals surface area contributed by atoms with Crippen molar-refractivity contribution in [3.63, 3.8) is 0 Å². The third-order valence-corrected chi connectivity index (χ3v) is 6.49. The molecule has 2 aliphatic heterocycles. The molecule has 1 spiro atoms. The number of piperidine rings is 1. The molecule has 2 fully saturated rings. The molecule has 33 heavy (non-hydrogen) atoms. The molecule has 0 saturated carbocycles. The maximum Gasteiger partial charge on any atom is 0.490 e. The van der Waals surface area contributed by atoms with Crippen molar-refractivity contribution in [2.75, 3.05) is 26.3 Å². The summed E-state index contributed by atoms with van der Waals surface area (Å²) in [6, 6.07) is 3.83. The van der Waals surface area contributed by atoms with Crippen molar-refractivity contribution in [3.8, 4) is 5.75 Å². The highest BCUT2D eigenvalue weighted by molar-refractivity contribution is 5.79. The van der Waals surface area contributed by atoms with Crippen LogP contribution in [0.5, 0.6) is 5.75 Å². The number of allylic oxidation sites excluding steroid dienone is 2. The predicted octanol–water partition coefficient (Wildman–Crippen LogP) is 3.85. The Morgan fingerprint density at radius 3 is 2.48 bits per heavy atom. The van der Waals surface area contributed by atoms with Crippen molar-refractivity contribution in [1.82, 2.24) is 9.88 Å². The van der Waals surface area contributed by atoms with Crippen molar-refractivity contribution < 1.29 is 37.3 Å². The lowest BCUT2D eigenvalue weighted by atomic mass is 9.78. The number of alkyl halides is 3. The first kappa shape index (κ1) is 25.0. The van der Waals surface area contributed by atoms with Crippen molar-refractivity contribution in [2.45, 2.75) is 50.3 Å². The second-order valence-electron chi connectivity index (χ2n) is 8.49. The maximum absolute atomic E-state index is 12.6. The zero-order chi connectivity index (χ0) is 23.9. The molecular weight excluding hydrogens is 441 g/mol. The molecule has 2 saturated heterocycles. The summed E-state index contributed by atoms with van der Waals surface area (Å²) in [4.78, 5) is 27.7. The van der Waals surface area contributed by atoms with E-state index in [2.05, 4.69) is 22.0 Å². The third kappa shape index (κ3) is 6.69. The Bertz CT molecular complexity index is 815. The number of carboxylic acid groups (broad SMARTS) is 1. The number of halogens is 3. The van der Waals surface area contributed by atoms with Gasteiger partial charge in [-0.3, -0.25) is 9.78 Å². The number of rotatable bonds is 5. The lowest BCUT2D eigenvalue weighted by Gasteiger charge is -2.42. The minimum Gasteiger partial charge on any atom is -0.492 e. The van der Waals surface area contributed by atoms with E-state index in [1.54, 1.807) is 12.4 Å². The van der Waals surface area contributed by atoms with Gasteiger partial charge in [-0.25, -0.2) is 4.79 Å². The Morgan fingerprint density at radius 1 is 1.24 bits per heavy atom. The number of carbonyl (C=O) groups is 2. The van der Waals surface area contributed by atoms with Crippen LogP contribution in [0.3, 0.4) is 0 Å². The number of aromatic nitrogens is 1. The van der Waals surface area contributed by atoms with Crippen molar-refractivity contribution >= 4 is 11.9 Å². The molecule has 4 rings (SSSR count). The number of ether oxygens (including phenoxy) is 2. The van der Waals surface area contributed by atoms with Gasteiger partial charge in [0.25, 0.3) is 0 Å². The molecule has 1 unspecified atom stereocenters. The van der Waals surface area contributed by atoms with Crippen LogP contribution in [0.15, 0.2) is 36.7 Å². The van der Waals surface area contributed by atoms with E-state index in [1.807, 2.05) is 12.1 Å². The van der Waals surface area contributed by atoms with Gasteiger partial charge in [0.05, 0.1) is 18.4 Å². The van der Waals surface area contributed by atoms with Crippen LogP contribution in [0.4, 0.5) is 13.2 Å². The summed E-state index contributed by atoms with van der Waals surface area (Å²) in [5, 5.41) is 7.12. The Hall–Kier alpha value is -2.62. The van der Waals surface area contributed by atoms with E-state index in [4.69, 9.17) is 19.4 Å². The van der Waals surface area contributed by atoms with E-state index in [0.717, 1.165) is 64.0 Å². The zero-order valence-corrected chi connectivity index (χ0v) is 18.3. The molecule has 182 valence electrons. The summed E-state index contributed by atoms with van der Waals surface area (Å²) in [5.41, 5.74) is -0.0526. The zero-order valence-electron chi connectivity index (χ0n) is 18.3. The monoisotopic (exact) mass is 470 g/mol. The van der Waals surface area contributed by atoms with Crippen LogP contribution in [0.1, 0.15) is 38.5 Å². The molecule has 0 radical (unpaired) electrons. The fourth-order valence-corrected chi connectivity index (χ4v) is 4.68. The summed E-state index contributed by atoms with van der Waals surface area (Å²) in [7, 11) is 0. The summed E-state index contributed by atoms with van der Waals surface area (Å²) >= 11 is 0. The first-order valence-corrected chi connectivity index (χ1v) is 11.1. The normalized spacial score (nSPS) is 22.2. The average molecular weight is 470 g/mol. The number of nitrogens with zero attached hydrogens (tertiary/aromatic N) is 2. The van der Waals surface area contributed by atoms with Gasteiger partial charge in [-0.05, 0) is 56.6 Å². The predicted molar refractivity (Wildman–Crippen MR) is 113 cm³/mol. The number of carbonyl (C=O) groups excluding carboxylic acids is 1. The third-order valence-electron chi connectivity index (χ3n) is 6.49. The molecule has 7 nitrogen and oxygen atoms in total. The number of hydrogen-bond acceptors (Lipinski definition) is 5. The van der Waals surface area contributed by atoms with E-state index < -0.39 is 12.1 Å². The molecule has 3 heterocycles. The Morgan fingerprint density at radius 2 is 1.91 bits per heavy atom. The molecule has 10 heteroatoms. The van der Waals surface area contributed by atoms with E-state index in [9.17, 15) is 18.0 Å². The number of pyridine rings is 1. The average Bonchev–Trinajstić information content (AvgIpc) is 3.46. The van der Waals surface area contributed by atoms with Crippen LogP contribution >= 0.6 is 0 Å². The van der Waals surface area contributed by atoms with E-state index >= 15 is 0 Å². The molecule has 1 atom stereocenters. The molecule has 1 amide bonds. The summed E-state index contributed by atoms with van der Waals surface area (Å²) in [6.07, 6.45) is 8.50. The number of aliphatic carboxylic acids is 1. The lowest BCUT2D eigenvalue weighted by Crippen LogP contribution is -2.50. The van der Waals surface area contributed by atoms with Crippen LogP contribution in [0.2, 0.25) is 0 Å². The highest BCUT2D eigenvalue weighted by Gasteiger charge is 2.46. The minimum absolute atomic E-state index is 0.0526. The largest absolute Gasteiger partial charge is 0.492 e. The first-order chi connectivity index (χ1) is 15.7. The van der Waals surface area contributed by atoms with Gasteiger partial charge in [-0.2, -0.15) is 13.2 Å². The van der Waals surface area contributed by atoms with E-state index in [-0.39, 0.29) is 11.5 Å². The van der Waals surface area contributed by atoms with Crippen LogP contribution in [0.25, 0.3) is 0 Å². The van der Waals surface area contributed by atoms with Gasteiger partial charge in [0.15, 0.2) is 0 Å². The van der Waals surface area contributed by atoms with Crippen LogP contribution in [-0.4, -0.2) is 64.9 Å². The fourth-order valence-electron chi connectivity index (χ4n) is 4.68. The van der Waals surface area contributed by atoms with Gasteiger partial charge in [-0.1, -0.05) is 12.2 Å². The van der Waals surface area contributed by atoms with Crippen LogP contribution < -0.4 is 4.74 Å². The fraction of sp³-hybridized carbons (Fsp3) is 0.609. The maximum atomic E-state index is 12.6. The van der Waals surface area contributed by atoms with Gasteiger partial charge in [0, 0.05) is 31.8 Å². The molecule has 0 aromatic carbocycles. The number of amides is 1. The summed E-state index contributed by atoms with van der Waals surface area (Å²) < 4.78 is 43.8. The van der Waals surface area contributed by atoms with Crippen molar-refractivity contribution in [2.24, 2.45) is 11.8 Å². The highest BCUT2D eigenvalue weighted by atomic mass is 19.4. The SMILES string of the molecule is O=C(C1CC=CC1)N1CCC2(CC1)OCCC2CCOc1cccnc1.O=C(O)C(F)(F)F. The Labute approximate surface area is 190 Å². The first-order valence-electron chi connectivity index (χ1n) is 11.1. The smallest absolute Gasteiger partial charge is 0.490 e. The Balaban J connectivity index is 0.000000383. The second kappa shape index (κ2) is 11.0. The van der Waals surface area contributed by atoms with Gasteiger partial charge in [-0.15, -0.1) is 0 Å². The van der Waals surface area contributed by atoms with Crippen molar-refractivity contribution in [3.05, 3.63) is 36.7 Å². The molecule has 1 aliphatic carbocycles. The topological polar surface area (TPSA) is 89.0 Å².